The van der Waals surface area contributed by atoms with Gasteiger partial charge in [-0.05, 0) is 49.4 Å². The van der Waals surface area contributed by atoms with E-state index in [4.69, 9.17) is 4.74 Å². The standard InChI is InChI=1S/C20H22N2O3S3/c1-14-21-17(13-26-14)19-7-8-20(27-19)28(23,24)22-11-9-15(10-12-22)16-5-3-4-6-18(16)25-2/h3-8,13,15H,9-12H2,1-2H3. The van der Waals surface area contributed by atoms with Crippen LogP contribution in [0.15, 0.2) is 46.0 Å². The number of methoxy groups -OCH3 is 1. The van der Waals surface area contributed by atoms with Crippen molar-refractivity contribution < 1.29 is 13.2 Å². The van der Waals surface area contributed by atoms with E-state index in [1.807, 2.05) is 36.6 Å². The minimum atomic E-state index is -3.47. The van der Waals surface area contributed by atoms with Gasteiger partial charge in [0, 0.05) is 18.5 Å². The SMILES string of the molecule is COc1ccccc1C1CCN(S(=O)(=O)c2ccc(-c3csc(C)n3)s2)CC1. The third-order valence-electron chi connectivity index (χ3n) is 5.08. The maximum absolute atomic E-state index is 13.1. The minimum Gasteiger partial charge on any atom is -0.496 e. The van der Waals surface area contributed by atoms with Gasteiger partial charge in [0.25, 0.3) is 10.0 Å². The second-order valence-corrected chi connectivity index (χ2v) is 11.1. The first-order chi connectivity index (χ1) is 13.5. The lowest BCUT2D eigenvalue weighted by atomic mass is 9.89. The molecule has 5 nitrogen and oxygen atoms in total. The van der Waals surface area contributed by atoms with Gasteiger partial charge in [-0.2, -0.15) is 4.31 Å². The fourth-order valence-electron chi connectivity index (χ4n) is 3.61. The van der Waals surface area contributed by atoms with E-state index in [1.54, 1.807) is 28.8 Å². The number of nitrogens with zero attached hydrogens (tertiary/aromatic N) is 2. The molecule has 0 atom stereocenters. The number of para-hydroxylation sites is 1. The van der Waals surface area contributed by atoms with E-state index in [1.165, 1.54) is 16.9 Å². The van der Waals surface area contributed by atoms with Crippen LogP contribution in [-0.4, -0.2) is 37.9 Å². The van der Waals surface area contributed by atoms with Gasteiger partial charge in [0.2, 0.25) is 0 Å². The molecule has 28 heavy (non-hydrogen) atoms. The lowest BCUT2D eigenvalue weighted by molar-refractivity contribution is 0.313. The monoisotopic (exact) mass is 434 g/mol. The van der Waals surface area contributed by atoms with Crippen LogP contribution in [0.3, 0.4) is 0 Å². The maximum atomic E-state index is 13.1. The van der Waals surface area contributed by atoms with Gasteiger partial charge in [-0.25, -0.2) is 13.4 Å². The molecule has 3 heterocycles. The molecule has 2 aromatic heterocycles. The van der Waals surface area contributed by atoms with Gasteiger partial charge in [0.15, 0.2) is 0 Å². The number of thiophene rings is 1. The number of piperidine rings is 1. The van der Waals surface area contributed by atoms with Crippen LogP contribution in [0.4, 0.5) is 0 Å². The molecule has 1 saturated heterocycles. The molecule has 1 aromatic carbocycles. The van der Waals surface area contributed by atoms with Crippen molar-refractivity contribution in [2.24, 2.45) is 0 Å². The molecule has 3 aromatic rings. The molecule has 0 spiro atoms. The lowest BCUT2D eigenvalue weighted by Crippen LogP contribution is -2.37. The first-order valence-electron chi connectivity index (χ1n) is 9.14. The van der Waals surface area contributed by atoms with Crippen LogP contribution in [0, 0.1) is 6.92 Å². The largest absolute Gasteiger partial charge is 0.496 e. The Bertz CT molecular complexity index is 1060. The fraction of sp³-hybridized carbons (Fsp3) is 0.350. The van der Waals surface area contributed by atoms with Crippen LogP contribution in [0.2, 0.25) is 0 Å². The molecule has 0 radical (unpaired) electrons. The highest BCUT2D eigenvalue weighted by atomic mass is 32.2. The smallest absolute Gasteiger partial charge is 0.252 e. The number of aryl methyl sites for hydroxylation is 1. The fourth-order valence-corrected chi connectivity index (χ4v) is 7.19. The topological polar surface area (TPSA) is 59.5 Å². The molecule has 0 bridgehead atoms. The van der Waals surface area contributed by atoms with Crippen LogP contribution >= 0.6 is 22.7 Å². The zero-order chi connectivity index (χ0) is 19.7. The first-order valence-corrected chi connectivity index (χ1v) is 12.3. The summed E-state index contributed by atoms with van der Waals surface area (Å²) in [5.41, 5.74) is 2.02. The van der Waals surface area contributed by atoms with Crippen molar-refractivity contribution in [3.05, 3.63) is 52.3 Å². The Labute approximate surface area is 173 Å². The number of hydrogen-bond acceptors (Lipinski definition) is 6. The van der Waals surface area contributed by atoms with Gasteiger partial charge in [-0.3, -0.25) is 0 Å². The van der Waals surface area contributed by atoms with Gasteiger partial charge < -0.3 is 4.74 Å². The van der Waals surface area contributed by atoms with Gasteiger partial charge in [0.1, 0.15) is 9.96 Å². The highest BCUT2D eigenvalue weighted by Crippen LogP contribution is 2.37. The molecular weight excluding hydrogens is 412 g/mol. The summed E-state index contributed by atoms with van der Waals surface area (Å²) in [7, 11) is -1.79. The molecule has 1 aliphatic heterocycles. The molecule has 1 aliphatic rings. The number of ether oxygens (including phenoxy) is 1. The Morgan fingerprint density at radius 2 is 1.89 bits per heavy atom. The van der Waals surface area contributed by atoms with Crippen LogP contribution < -0.4 is 4.74 Å². The number of rotatable bonds is 5. The van der Waals surface area contributed by atoms with Crippen molar-refractivity contribution >= 4 is 32.7 Å². The molecule has 0 saturated carbocycles. The summed E-state index contributed by atoms with van der Waals surface area (Å²) < 4.78 is 33.7. The number of sulfonamides is 1. The Hall–Kier alpha value is -1.74. The van der Waals surface area contributed by atoms with Crippen LogP contribution in [0.25, 0.3) is 10.6 Å². The zero-order valence-corrected chi connectivity index (χ0v) is 18.2. The van der Waals surface area contributed by atoms with Gasteiger partial charge in [-0.15, -0.1) is 22.7 Å². The van der Waals surface area contributed by atoms with Crippen LogP contribution in [0.1, 0.15) is 29.3 Å². The average molecular weight is 435 g/mol. The van der Waals surface area contributed by atoms with E-state index >= 15 is 0 Å². The Kier molecular flexibility index (Phi) is 5.55. The Morgan fingerprint density at radius 3 is 2.57 bits per heavy atom. The third-order valence-corrected chi connectivity index (χ3v) is 9.33. The Balaban J connectivity index is 1.49. The Morgan fingerprint density at radius 1 is 1.14 bits per heavy atom. The van der Waals surface area contributed by atoms with E-state index in [9.17, 15) is 8.42 Å². The second-order valence-electron chi connectivity index (χ2n) is 6.79. The predicted molar refractivity (Wildman–Crippen MR) is 114 cm³/mol. The molecular formula is C20H22N2O3S3. The maximum Gasteiger partial charge on any atom is 0.252 e. The van der Waals surface area contributed by atoms with E-state index in [0.29, 0.717) is 23.2 Å². The van der Waals surface area contributed by atoms with Crippen molar-refractivity contribution in [1.82, 2.24) is 9.29 Å². The second kappa shape index (κ2) is 7.94. The molecule has 0 aliphatic carbocycles. The zero-order valence-electron chi connectivity index (χ0n) is 15.8. The highest BCUT2D eigenvalue weighted by Gasteiger charge is 2.32. The molecule has 1 fully saturated rings. The average Bonchev–Trinajstić information content (AvgIpc) is 3.37. The van der Waals surface area contributed by atoms with Gasteiger partial charge in [0.05, 0.1) is 22.7 Å². The van der Waals surface area contributed by atoms with Crippen molar-refractivity contribution in [3.8, 4) is 16.3 Å². The molecule has 0 N–H and O–H groups in total. The van der Waals surface area contributed by atoms with Crippen molar-refractivity contribution in [1.29, 1.82) is 0 Å². The van der Waals surface area contributed by atoms with Gasteiger partial charge >= 0.3 is 0 Å². The van der Waals surface area contributed by atoms with Crippen molar-refractivity contribution in [3.63, 3.8) is 0 Å². The molecule has 148 valence electrons. The van der Waals surface area contributed by atoms with E-state index in [2.05, 4.69) is 11.1 Å². The molecule has 4 rings (SSSR count). The quantitative estimate of drug-likeness (QED) is 0.581. The number of thiazole rings is 1. The summed E-state index contributed by atoms with van der Waals surface area (Å²) in [6.45, 7) is 2.99. The normalized spacial score (nSPS) is 16.4. The summed E-state index contributed by atoms with van der Waals surface area (Å²) in [6.07, 6.45) is 1.59. The molecule has 0 amide bonds. The van der Waals surface area contributed by atoms with E-state index < -0.39 is 10.0 Å². The van der Waals surface area contributed by atoms with E-state index in [-0.39, 0.29) is 0 Å². The summed E-state index contributed by atoms with van der Waals surface area (Å²) in [6, 6.07) is 11.6. The summed E-state index contributed by atoms with van der Waals surface area (Å²) in [5, 5.41) is 2.95. The number of benzene rings is 1. The highest BCUT2D eigenvalue weighted by molar-refractivity contribution is 7.91. The van der Waals surface area contributed by atoms with E-state index in [0.717, 1.165) is 34.2 Å². The lowest BCUT2D eigenvalue weighted by Gasteiger charge is -2.31. The molecule has 8 heteroatoms. The summed E-state index contributed by atoms with van der Waals surface area (Å²) >= 11 is 2.87. The van der Waals surface area contributed by atoms with Crippen LogP contribution in [-0.2, 0) is 10.0 Å². The predicted octanol–water partition coefficient (Wildman–Crippen LogP) is 4.76. The summed E-state index contributed by atoms with van der Waals surface area (Å²) in [5.74, 6) is 1.20. The molecule has 0 unspecified atom stereocenters. The minimum absolute atomic E-state index is 0.319. The van der Waals surface area contributed by atoms with Crippen molar-refractivity contribution in [2.45, 2.75) is 29.9 Å². The van der Waals surface area contributed by atoms with Gasteiger partial charge in [-0.1, -0.05) is 18.2 Å². The third kappa shape index (κ3) is 3.74. The van der Waals surface area contributed by atoms with Crippen molar-refractivity contribution in [2.75, 3.05) is 20.2 Å². The number of hydrogen-bond donors (Lipinski definition) is 0. The first kappa shape index (κ1) is 19.6. The number of aromatic nitrogens is 1. The van der Waals surface area contributed by atoms with Crippen LogP contribution in [0.5, 0.6) is 5.75 Å². The summed E-state index contributed by atoms with van der Waals surface area (Å²) in [4.78, 5) is 5.35.